The molecule has 0 aliphatic rings. The molecule has 4 nitrogen and oxygen atoms in total. The number of fused-ring (bicyclic) bond motifs is 1. The lowest BCUT2D eigenvalue weighted by Crippen LogP contribution is -2.12. The van der Waals surface area contributed by atoms with Gasteiger partial charge in [0.25, 0.3) is 0 Å². The third-order valence-corrected chi connectivity index (χ3v) is 1.79. The molecule has 0 atom stereocenters. The molecule has 0 aliphatic carbocycles. The maximum absolute atomic E-state index is 12.5. The Hall–Kier alpha value is -1.92. The first-order chi connectivity index (χ1) is 7.02. The van der Waals surface area contributed by atoms with Crippen LogP contribution >= 0.6 is 0 Å². The number of hydrogen-bond donors (Lipinski definition) is 0. The van der Waals surface area contributed by atoms with E-state index in [-0.39, 0.29) is 11.3 Å². The quantitative estimate of drug-likeness (QED) is 0.678. The monoisotopic (exact) mass is 215 g/mol. The highest BCUT2D eigenvalue weighted by atomic mass is 19.4. The van der Waals surface area contributed by atoms with Crippen LogP contribution in [0, 0.1) is 0 Å². The molecule has 0 saturated carbocycles. The second-order valence-corrected chi connectivity index (χ2v) is 2.78. The van der Waals surface area contributed by atoms with Gasteiger partial charge in [-0.1, -0.05) is 0 Å². The Morgan fingerprint density at radius 3 is 2.73 bits per heavy atom. The zero-order valence-corrected chi connectivity index (χ0v) is 7.19. The average Bonchev–Trinajstić information content (AvgIpc) is 2.57. The molecule has 2 heterocycles. The van der Waals surface area contributed by atoms with Gasteiger partial charge in [0.05, 0.1) is 0 Å². The van der Waals surface area contributed by atoms with E-state index in [0.29, 0.717) is 10.8 Å². The van der Waals surface area contributed by atoms with E-state index in [4.69, 9.17) is 0 Å². The Balaban J connectivity index is 2.75. The molecule has 0 unspecified atom stereocenters. The van der Waals surface area contributed by atoms with Crippen LogP contribution in [0.1, 0.15) is 16.2 Å². The number of halogens is 3. The number of hydrogen-bond acceptors (Lipinski definition) is 3. The molecule has 0 aliphatic heterocycles. The molecule has 7 heteroatoms. The minimum absolute atomic E-state index is 0.00748. The first-order valence-corrected chi connectivity index (χ1v) is 3.89. The van der Waals surface area contributed by atoms with E-state index in [9.17, 15) is 18.0 Å². The van der Waals surface area contributed by atoms with Gasteiger partial charge in [0.15, 0.2) is 11.9 Å². The van der Waals surface area contributed by atoms with Gasteiger partial charge in [-0.3, -0.25) is 4.79 Å². The van der Waals surface area contributed by atoms with Gasteiger partial charge in [0, 0.05) is 12.3 Å². The molecular weight excluding hydrogens is 211 g/mol. The summed E-state index contributed by atoms with van der Waals surface area (Å²) in [6.07, 6.45) is -3.13. The van der Waals surface area contributed by atoms with Crippen LogP contribution in [0.4, 0.5) is 13.2 Å². The summed E-state index contributed by atoms with van der Waals surface area (Å²) in [5.74, 6) is 0. The molecule has 0 fully saturated rings. The fraction of sp³-hybridized carbons (Fsp3) is 0.125. The molecule has 2 aromatic heterocycles. The second kappa shape index (κ2) is 3.04. The number of alkyl halides is 3. The summed E-state index contributed by atoms with van der Waals surface area (Å²) in [6, 6.07) is 1.98. The maximum atomic E-state index is 12.5. The molecule has 0 amide bonds. The van der Waals surface area contributed by atoms with Crippen molar-refractivity contribution in [2.45, 2.75) is 6.18 Å². The lowest BCUT2D eigenvalue weighted by atomic mass is 10.4. The van der Waals surface area contributed by atoms with Crippen LogP contribution in [0.5, 0.6) is 0 Å². The van der Waals surface area contributed by atoms with Gasteiger partial charge in [-0.15, -0.1) is 0 Å². The third kappa shape index (κ3) is 1.56. The fourth-order valence-electron chi connectivity index (χ4n) is 1.19. The SMILES string of the molecule is O=Cc1cc2nccc(C(F)(F)F)n2n1. The van der Waals surface area contributed by atoms with Gasteiger partial charge < -0.3 is 0 Å². The van der Waals surface area contributed by atoms with E-state index in [1.54, 1.807) is 0 Å². The van der Waals surface area contributed by atoms with Gasteiger partial charge in [-0.25, -0.2) is 9.50 Å². The normalized spacial score (nSPS) is 11.9. The number of carbonyl (C=O) groups is 1. The number of nitrogens with zero attached hydrogens (tertiary/aromatic N) is 3. The minimum Gasteiger partial charge on any atom is -0.296 e. The zero-order chi connectivity index (χ0) is 11.1. The lowest BCUT2D eigenvalue weighted by molar-refractivity contribution is -0.142. The molecule has 15 heavy (non-hydrogen) atoms. The molecule has 2 rings (SSSR count). The van der Waals surface area contributed by atoms with Crippen LogP contribution in [0.3, 0.4) is 0 Å². The summed E-state index contributed by atoms with van der Waals surface area (Å²) >= 11 is 0. The van der Waals surface area contributed by atoms with Crippen LogP contribution in [0.25, 0.3) is 5.65 Å². The summed E-state index contributed by atoms with van der Waals surface area (Å²) in [6.45, 7) is 0. The van der Waals surface area contributed by atoms with Gasteiger partial charge in [-0.2, -0.15) is 18.3 Å². The standard InChI is InChI=1S/C8H4F3N3O/c9-8(10,11)6-1-2-12-7-3-5(4-15)13-14(6)7/h1-4H. The maximum Gasteiger partial charge on any atom is 0.433 e. The van der Waals surface area contributed by atoms with Crippen molar-refractivity contribution >= 4 is 11.9 Å². The fourth-order valence-corrected chi connectivity index (χ4v) is 1.19. The Bertz CT molecular complexity index is 517. The Labute approximate surface area is 81.3 Å². The van der Waals surface area contributed by atoms with Crippen LogP contribution in [-0.4, -0.2) is 20.9 Å². The molecule has 0 bridgehead atoms. The van der Waals surface area contributed by atoms with E-state index in [0.717, 1.165) is 12.3 Å². The molecule has 0 saturated heterocycles. The van der Waals surface area contributed by atoms with Crippen LogP contribution in [-0.2, 0) is 6.18 Å². The van der Waals surface area contributed by atoms with Gasteiger partial charge >= 0.3 is 6.18 Å². The predicted octanol–water partition coefficient (Wildman–Crippen LogP) is 1.56. The highest BCUT2D eigenvalue weighted by molar-refractivity contribution is 5.74. The molecule has 2 aromatic rings. The number of carbonyl (C=O) groups excluding carboxylic acids is 1. The number of aromatic nitrogens is 3. The predicted molar refractivity (Wildman–Crippen MR) is 43.4 cm³/mol. The Morgan fingerprint density at radius 1 is 1.40 bits per heavy atom. The number of aldehydes is 1. The van der Waals surface area contributed by atoms with E-state index in [1.807, 2.05) is 0 Å². The minimum atomic E-state index is -4.52. The van der Waals surface area contributed by atoms with Crippen molar-refractivity contribution in [1.29, 1.82) is 0 Å². The first-order valence-electron chi connectivity index (χ1n) is 3.89. The summed E-state index contributed by atoms with van der Waals surface area (Å²) in [5.41, 5.74) is -1.05. The van der Waals surface area contributed by atoms with Gasteiger partial charge in [0.1, 0.15) is 11.4 Å². The van der Waals surface area contributed by atoms with Crippen molar-refractivity contribution in [2.75, 3.05) is 0 Å². The third-order valence-electron chi connectivity index (χ3n) is 1.79. The van der Waals surface area contributed by atoms with Crippen LogP contribution in [0.15, 0.2) is 18.3 Å². The van der Waals surface area contributed by atoms with Gasteiger partial charge in [-0.05, 0) is 6.07 Å². The van der Waals surface area contributed by atoms with Crippen LogP contribution in [0.2, 0.25) is 0 Å². The van der Waals surface area contributed by atoms with E-state index < -0.39 is 11.9 Å². The Morgan fingerprint density at radius 2 is 2.13 bits per heavy atom. The van der Waals surface area contributed by atoms with E-state index in [2.05, 4.69) is 10.1 Å². The van der Waals surface area contributed by atoms with Crippen molar-refractivity contribution in [3.63, 3.8) is 0 Å². The van der Waals surface area contributed by atoms with Crippen molar-refractivity contribution in [2.24, 2.45) is 0 Å². The molecule has 78 valence electrons. The van der Waals surface area contributed by atoms with Crippen molar-refractivity contribution in [3.8, 4) is 0 Å². The summed E-state index contributed by atoms with van der Waals surface area (Å²) in [7, 11) is 0. The van der Waals surface area contributed by atoms with E-state index in [1.165, 1.54) is 6.07 Å². The highest BCUT2D eigenvalue weighted by Gasteiger charge is 2.34. The first kappa shape index (κ1) is 9.63. The summed E-state index contributed by atoms with van der Waals surface area (Å²) in [5, 5.41) is 3.46. The molecule has 0 spiro atoms. The largest absolute Gasteiger partial charge is 0.433 e. The summed E-state index contributed by atoms with van der Waals surface area (Å²) < 4.78 is 38.0. The number of rotatable bonds is 1. The van der Waals surface area contributed by atoms with Crippen molar-refractivity contribution in [3.05, 3.63) is 29.7 Å². The zero-order valence-electron chi connectivity index (χ0n) is 7.19. The molecule has 0 N–H and O–H groups in total. The summed E-state index contributed by atoms with van der Waals surface area (Å²) in [4.78, 5) is 14.0. The van der Waals surface area contributed by atoms with Crippen LogP contribution < -0.4 is 0 Å². The van der Waals surface area contributed by atoms with Crippen molar-refractivity contribution in [1.82, 2.24) is 14.6 Å². The van der Waals surface area contributed by atoms with Gasteiger partial charge in [0.2, 0.25) is 0 Å². The second-order valence-electron chi connectivity index (χ2n) is 2.78. The molecule has 0 radical (unpaired) electrons. The topological polar surface area (TPSA) is 47.3 Å². The Kier molecular flexibility index (Phi) is 1.95. The van der Waals surface area contributed by atoms with E-state index >= 15 is 0 Å². The van der Waals surface area contributed by atoms with Crippen molar-refractivity contribution < 1.29 is 18.0 Å². The highest BCUT2D eigenvalue weighted by Crippen LogP contribution is 2.28. The smallest absolute Gasteiger partial charge is 0.296 e. The lowest BCUT2D eigenvalue weighted by Gasteiger charge is -2.07. The average molecular weight is 215 g/mol. The molecule has 0 aromatic carbocycles. The molecular formula is C8H4F3N3O.